The summed E-state index contributed by atoms with van der Waals surface area (Å²) in [6.07, 6.45) is 0. The first kappa shape index (κ1) is 26.1. The first-order chi connectivity index (χ1) is 12.8. The van der Waals surface area contributed by atoms with Crippen LogP contribution < -0.4 is 0 Å². The molecule has 152 valence electrons. The van der Waals surface area contributed by atoms with Crippen LogP contribution in [0.2, 0.25) is 20.1 Å². The van der Waals surface area contributed by atoms with Gasteiger partial charge in [-0.15, -0.1) is 0 Å². The van der Waals surface area contributed by atoms with Crippen molar-refractivity contribution in [3.05, 3.63) is 55.5 Å². The van der Waals surface area contributed by atoms with Crippen LogP contribution in [0.4, 0.5) is 0 Å². The molecule has 0 bridgehead atoms. The summed E-state index contributed by atoms with van der Waals surface area (Å²) in [6.45, 7) is 0. The van der Waals surface area contributed by atoms with E-state index in [-0.39, 0.29) is 31.2 Å². The van der Waals surface area contributed by atoms with Crippen LogP contribution in [-0.2, 0) is 0 Å². The predicted molar refractivity (Wildman–Crippen MR) is 103 cm³/mol. The second-order valence-electron chi connectivity index (χ2n) is 4.52. The van der Waals surface area contributed by atoms with E-state index in [0.29, 0.717) is 0 Å². The van der Waals surface area contributed by atoms with E-state index in [4.69, 9.17) is 81.9 Å². The number of aromatic hydroxyl groups is 2. The Hall–Kier alpha value is -1.92. The molecule has 0 radical (unpaired) electrons. The second kappa shape index (κ2) is 11.8. The number of carbonyl (C=O) groups is 2. The molecule has 2 aromatic rings. The van der Waals surface area contributed by atoms with Gasteiger partial charge < -0.3 is 35.5 Å². The van der Waals surface area contributed by atoms with Gasteiger partial charge in [0, 0.05) is 10.0 Å². The number of halogens is 4. The Bertz CT molecular complexity index is 791. The number of carboxylic acid groups (broad SMARTS) is 2. The van der Waals surface area contributed by atoms with Crippen molar-refractivity contribution in [2.45, 2.75) is 0 Å². The molecule has 0 aliphatic heterocycles. The van der Waals surface area contributed by atoms with Crippen LogP contribution in [0, 0.1) is 0 Å². The molecule has 0 fully saturated rings. The van der Waals surface area contributed by atoms with Crippen LogP contribution in [0.3, 0.4) is 0 Å². The van der Waals surface area contributed by atoms with Gasteiger partial charge >= 0.3 is 19.3 Å². The molecule has 9 nitrogen and oxygen atoms in total. The van der Waals surface area contributed by atoms with Crippen molar-refractivity contribution in [2.24, 2.45) is 0 Å². The largest absolute Gasteiger partial charge is 0.631 e. The summed E-state index contributed by atoms with van der Waals surface area (Å²) in [5.74, 6) is -3.46. The highest BCUT2D eigenvalue weighted by Gasteiger charge is 2.14. The third-order valence-corrected chi connectivity index (χ3v) is 3.53. The summed E-state index contributed by atoms with van der Waals surface area (Å²) in [5, 5.41) is 57.0. The Balaban J connectivity index is 0.000000439. The number of phenols is 2. The van der Waals surface area contributed by atoms with Gasteiger partial charge in [-0.1, -0.05) is 46.4 Å². The van der Waals surface area contributed by atoms with Crippen molar-refractivity contribution in [3.8, 4) is 11.5 Å². The Labute approximate surface area is 177 Å². The number of rotatable bonds is 2. The smallest absolute Gasteiger partial charge is 0.505 e. The minimum Gasteiger partial charge on any atom is -0.505 e. The van der Waals surface area contributed by atoms with Crippen LogP contribution in [0.25, 0.3) is 0 Å². The van der Waals surface area contributed by atoms with Gasteiger partial charge in [-0.25, -0.2) is 9.59 Å². The number of carboxylic acids is 2. The Morgan fingerprint density at radius 2 is 0.929 bits per heavy atom. The zero-order chi connectivity index (χ0) is 22.2. The third kappa shape index (κ3) is 8.85. The maximum absolute atomic E-state index is 10.4. The van der Waals surface area contributed by atoms with Gasteiger partial charge in [0.1, 0.15) is 22.6 Å². The molecule has 14 heteroatoms. The van der Waals surface area contributed by atoms with Crippen LogP contribution >= 0.6 is 46.4 Å². The molecule has 0 atom stereocenters. The molecule has 28 heavy (non-hydrogen) atoms. The minimum atomic E-state index is -2.17. The van der Waals surface area contributed by atoms with Crippen LogP contribution in [0.5, 0.6) is 11.5 Å². The first-order valence-corrected chi connectivity index (χ1v) is 8.15. The fraction of sp³-hybridized carbons (Fsp3) is 0. The minimum absolute atomic E-state index is 0.0695. The Morgan fingerprint density at radius 3 is 1.14 bits per heavy atom. The highest BCUT2D eigenvalue weighted by Crippen LogP contribution is 2.31. The molecule has 0 aliphatic rings. The number of hydrogen-bond acceptors (Lipinski definition) is 7. The van der Waals surface area contributed by atoms with Gasteiger partial charge in [-0.2, -0.15) is 0 Å². The van der Waals surface area contributed by atoms with Gasteiger partial charge in [0.2, 0.25) is 0 Å². The molecular formula is C14H11BCl4O9. The lowest BCUT2D eigenvalue weighted by Crippen LogP contribution is -2.07. The van der Waals surface area contributed by atoms with Crippen molar-refractivity contribution in [1.82, 2.24) is 0 Å². The van der Waals surface area contributed by atoms with Crippen molar-refractivity contribution < 1.29 is 45.1 Å². The summed E-state index contributed by atoms with van der Waals surface area (Å²) >= 11 is 21.9. The maximum Gasteiger partial charge on any atom is 0.631 e. The average Bonchev–Trinajstić information content (AvgIpc) is 2.53. The van der Waals surface area contributed by atoms with E-state index >= 15 is 0 Å². The monoisotopic (exact) mass is 474 g/mol. The zero-order valence-electron chi connectivity index (χ0n) is 13.3. The normalized spacial score (nSPS) is 9.39. The van der Waals surface area contributed by atoms with Gasteiger partial charge in [-0.05, 0) is 24.3 Å². The van der Waals surface area contributed by atoms with Crippen molar-refractivity contribution in [2.75, 3.05) is 0 Å². The van der Waals surface area contributed by atoms with Gasteiger partial charge in [0.05, 0.1) is 10.0 Å². The molecule has 0 unspecified atom stereocenters. The van der Waals surface area contributed by atoms with E-state index in [9.17, 15) is 9.59 Å². The lowest BCUT2D eigenvalue weighted by molar-refractivity contribution is 0.0682. The van der Waals surface area contributed by atoms with E-state index < -0.39 is 30.8 Å². The number of aromatic carboxylic acids is 2. The van der Waals surface area contributed by atoms with Gasteiger partial charge in [-0.3, -0.25) is 0 Å². The summed E-state index contributed by atoms with van der Waals surface area (Å²) in [5.41, 5.74) is -0.597. The summed E-state index contributed by atoms with van der Waals surface area (Å²) in [6, 6.07) is 4.80. The molecule has 0 spiro atoms. The van der Waals surface area contributed by atoms with Crippen LogP contribution in [-0.4, -0.2) is 54.8 Å². The van der Waals surface area contributed by atoms with E-state index in [1.807, 2.05) is 0 Å². The molecular weight excluding hydrogens is 465 g/mol. The lowest BCUT2D eigenvalue weighted by Gasteiger charge is -2.01. The Kier molecular flexibility index (Phi) is 11.0. The molecule has 0 heterocycles. The molecule has 2 rings (SSSR count). The maximum atomic E-state index is 10.4. The number of hydrogen-bond donors (Lipinski definition) is 7. The Morgan fingerprint density at radius 1 is 0.679 bits per heavy atom. The van der Waals surface area contributed by atoms with Crippen LogP contribution in [0.1, 0.15) is 20.7 Å². The van der Waals surface area contributed by atoms with E-state index in [0.717, 1.165) is 12.1 Å². The number of benzene rings is 2. The summed E-state index contributed by atoms with van der Waals surface area (Å²) in [7, 11) is -2.17. The van der Waals surface area contributed by atoms with Crippen molar-refractivity contribution >= 4 is 65.7 Å². The molecule has 0 aromatic heterocycles. The topological polar surface area (TPSA) is 176 Å². The molecule has 0 amide bonds. The molecule has 0 saturated carbocycles. The van der Waals surface area contributed by atoms with Crippen molar-refractivity contribution in [3.63, 3.8) is 0 Å². The SMILES string of the molecule is O=C(O)c1cc(Cl)cc(Cl)c1O.O=C(O)c1cc(Cl)cc(Cl)c1O.OB(O)O. The second-order valence-corrected chi connectivity index (χ2v) is 6.21. The van der Waals surface area contributed by atoms with Crippen LogP contribution in [0.15, 0.2) is 24.3 Å². The quantitative estimate of drug-likeness (QED) is 0.322. The fourth-order valence-corrected chi connectivity index (χ4v) is 2.44. The summed E-state index contributed by atoms with van der Waals surface area (Å²) in [4.78, 5) is 20.9. The van der Waals surface area contributed by atoms with E-state index in [1.54, 1.807) is 0 Å². The zero-order valence-corrected chi connectivity index (χ0v) is 16.4. The van der Waals surface area contributed by atoms with Gasteiger partial charge in [0.15, 0.2) is 0 Å². The highest BCUT2D eigenvalue weighted by molar-refractivity contribution is 6.36. The van der Waals surface area contributed by atoms with E-state index in [2.05, 4.69) is 0 Å². The third-order valence-electron chi connectivity index (χ3n) is 2.52. The highest BCUT2D eigenvalue weighted by atomic mass is 35.5. The lowest BCUT2D eigenvalue weighted by atomic mass is 10.2. The first-order valence-electron chi connectivity index (χ1n) is 6.64. The van der Waals surface area contributed by atoms with Gasteiger partial charge in [0.25, 0.3) is 0 Å². The molecule has 7 N–H and O–H groups in total. The fourth-order valence-electron chi connectivity index (χ4n) is 1.46. The van der Waals surface area contributed by atoms with E-state index in [1.165, 1.54) is 12.1 Å². The van der Waals surface area contributed by atoms with Crippen molar-refractivity contribution in [1.29, 1.82) is 0 Å². The summed E-state index contributed by atoms with van der Waals surface area (Å²) < 4.78 is 0. The molecule has 0 saturated heterocycles. The molecule has 2 aromatic carbocycles. The molecule has 0 aliphatic carbocycles. The standard InChI is InChI=1S/2C7H4Cl2O3.BH3O3/c2*8-3-1-4(7(11)12)6(10)5(9)2-3;2-1(3)4/h2*1-2,10H,(H,11,12);2-4H. The predicted octanol–water partition coefficient (Wildman–Crippen LogP) is 2.74. The average molecular weight is 476 g/mol.